The number of hydrogen-bond donors (Lipinski definition) is 3. The third kappa shape index (κ3) is 4.31. The summed E-state index contributed by atoms with van der Waals surface area (Å²) in [5, 5.41) is 7.28. The van der Waals surface area contributed by atoms with Gasteiger partial charge in [0.1, 0.15) is 5.82 Å². The predicted molar refractivity (Wildman–Crippen MR) is 78.2 cm³/mol. The summed E-state index contributed by atoms with van der Waals surface area (Å²) >= 11 is 0. The van der Waals surface area contributed by atoms with Crippen LogP contribution in [0.1, 0.15) is 38.9 Å². The maximum absolute atomic E-state index is 12.3. The van der Waals surface area contributed by atoms with Crippen LogP contribution < -0.4 is 10.5 Å². The average molecular weight is 301 g/mol. The zero-order valence-corrected chi connectivity index (χ0v) is 13.0. The van der Waals surface area contributed by atoms with E-state index < -0.39 is 10.0 Å². The summed E-state index contributed by atoms with van der Waals surface area (Å²) in [5.74, 6) is 0.638. The number of rotatable bonds is 8. The SMILES string of the molecule is CCCn1cc(S(=O)(=O)NC(CC)CC(=N)N)nc1C. The molecule has 0 fully saturated rings. The van der Waals surface area contributed by atoms with Crippen molar-refractivity contribution >= 4 is 15.9 Å². The van der Waals surface area contributed by atoms with Crippen molar-refractivity contribution in [2.75, 3.05) is 0 Å². The summed E-state index contributed by atoms with van der Waals surface area (Å²) in [6.45, 7) is 6.38. The molecule has 0 bridgehead atoms. The van der Waals surface area contributed by atoms with Gasteiger partial charge in [-0.25, -0.2) is 18.1 Å². The van der Waals surface area contributed by atoms with Crippen LogP contribution in [0.15, 0.2) is 11.2 Å². The Bertz CT molecular complexity index is 564. The van der Waals surface area contributed by atoms with E-state index in [1.807, 2.05) is 18.4 Å². The molecule has 1 aromatic rings. The van der Waals surface area contributed by atoms with Gasteiger partial charge in [0.15, 0.2) is 5.03 Å². The summed E-state index contributed by atoms with van der Waals surface area (Å²) in [7, 11) is -3.67. The van der Waals surface area contributed by atoms with Gasteiger partial charge in [0.25, 0.3) is 10.0 Å². The third-order valence-corrected chi connectivity index (χ3v) is 4.37. The Labute approximate surface area is 120 Å². The molecule has 0 aliphatic rings. The number of nitrogens with two attached hydrogens (primary N) is 1. The summed E-state index contributed by atoms with van der Waals surface area (Å²) in [6.07, 6.45) is 3.21. The Morgan fingerprint density at radius 1 is 1.55 bits per heavy atom. The Balaban J connectivity index is 2.92. The maximum atomic E-state index is 12.3. The van der Waals surface area contributed by atoms with Crippen molar-refractivity contribution in [2.45, 2.75) is 57.6 Å². The fourth-order valence-electron chi connectivity index (χ4n) is 1.89. The highest BCUT2D eigenvalue weighted by Crippen LogP contribution is 2.11. The van der Waals surface area contributed by atoms with Crippen molar-refractivity contribution in [1.29, 1.82) is 5.41 Å². The highest BCUT2D eigenvalue weighted by molar-refractivity contribution is 7.89. The summed E-state index contributed by atoms with van der Waals surface area (Å²) in [4.78, 5) is 4.10. The molecule has 114 valence electrons. The second-order valence-corrected chi connectivity index (χ2v) is 6.44. The summed E-state index contributed by atoms with van der Waals surface area (Å²) in [6, 6.07) is -0.380. The van der Waals surface area contributed by atoms with E-state index in [9.17, 15) is 8.42 Å². The lowest BCUT2D eigenvalue weighted by Gasteiger charge is -2.15. The predicted octanol–water partition coefficient (Wildman–Crippen LogP) is 0.984. The molecule has 0 saturated heterocycles. The normalized spacial score (nSPS) is 13.3. The molecule has 0 saturated carbocycles. The lowest BCUT2D eigenvalue weighted by molar-refractivity contribution is 0.542. The van der Waals surface area contributed by atoms with Crippen LogP contribution in [0.2, 0.25) is 0 Å². The van der Waals surface area contributed by atoms with Crippen molar-refractivity contribution in [3.63, 3.8) is 0 Å². The van der Waals surface area contributed by atoms with E-state index in [1.54, 1.807) is 13.1 Å². The van der Waals surface area contributed by atoms with Crippen LogP contribution in [0.5, 0.6) is 0 Å². The van der Waals surface area contributed by atoms with Crippen LogP contribution in [0.25, 0.3) is 0 Å². The van der Waals surface area contributed by atoms with E-state index in [-0.39, 0.29) is 23.3 Å². The van der Waals surface area contributed by atoms with Gasteiger partial charge in [0.2, 0.25) is 0 Å². The van der Waals surface area contributed by atoms with Gasteiger partial charge in [-0.2, -0.15) is 0 Å². The molecule has 1 rings (SSSR count). The second-order valence-electron chi connectivity index (χ2n) is 4.78. The number of amidine groups is 1. The second kappa shape index (κ2) is 6.85. The number of aryl methyl sites for hydroxylation is 2. The number of nitrogens with zero attached hydrogens (tertiary/aromatic N) is 2. The largest absolute Gasteiger partial charge is 0.388 e. The van der Waals surface area contributed by atoms with Crippen molar-refractivity contribution in [3.05, 3.63) is 12.0 Å². The number of sulfonamides is 1. The van der Waals surface area contributed by atoms with Crippen molar-refractivity contribution in [2.24, 2.45) is 5.73 Å². The van der Waals surface area contributed by atoms with Gasteiger partial charge in [-0.05, 0) is 19.8 Å². The molecule has 20 heavy (non-hydrogen) atoms. The Morgan fingerprint density at radius 2 is 2.20 bits per heavy atom. The maximum Gasteiger partial charge on any atom is 0.259 e. The topological polar surface area (TPSA) is 114 Å². The molecule has 0 amide bonds. The molecule has 7 nitrogen and oxygen atoms in total. The van der Waals surface area contributed by atoms with E-state index in [1.165, 1.54) is 0 Å². The Kier molecular flexibility index (Phi) is 5.70. The molecular weight excluding hydrogens is 278 g/mol. The van der Waals surface area contributed by atoms with E-state index in [4.69, 9.17) is 11.1 Å². The van der Waals surface area contributed by atoms with Crippen LogP contribution in [-0.2, 0) is 16.6 Å². The van der Waals surface area contributed by atoms with E-state index in [0.717, 1.165) is 13.0 Å². The average Bonchev–Trinajstić information content (AvgIpc) is 2.70. The van der Waals surface area contributed by atoms with Gasteiger partial charge in [0.05, 0.1) is 5.84 Å². The Hall–Kier alpha value is -1.41. The molecular formula is C12H23N5O2S. The van der Waals surface area contributed by atoms with Crippen LogP contribution >= 0.6 is 0 Å². The summed E-state index contributed by atoms with van der Waals surface area (Å²) in [5.41, 5.74) is 5.32. The van der Waals surface area contributed by atoms with Gasteiger partial charge in [0, 0.05) is 25.2 Å². The minimum absolute atomic E-state index is 0.0189. The number of hydrogen-bond acceptors (Lipinski definition) is 4. The standard InChI is InChI=1S/C12H23N5O2S/c1-4-6-17-8-12(15-9(17)3)20(18,19)16-10(5-2)7-11(13)14/h8,10,16H,4-7H2,1-3H3,(H3,13,14). The monoisotopic (exact) mass is 301 g/mol. The van der Waals surface area contributed by atoms with Crippen molar-refractivity contribution in [1.82, 2.24) is 14.3 Å². The number of aromatic nitrogens is 2. The molecule has 1 aromatic heterocycles. The zero-order chi connectivity index (χ0) is 15.3. The molecule has 0 radical (unpaired) electrons. The molecule has 1 atom stereocenters. The zero-order valence-electron chi connectivity index (χ0n) is 12.2. The molecule has 0 aliphatic carbocycles. The molecule has 0 aromatic carbocycles. The molecule has 4 N–H and O–H groups in total. The smallest absolute Gasteiger partial charge is 0.259 e. The number of imidazole rings is 1. The Morgan fingerprint density at radius 3 is 2.70 bits per heavy atom. The fraction of sp³-hybridized carbons (Fsp3) is 0.667. The van der Waals surface area contributed by atoms with Crippen LogP contribution in [0.4, 0.5) is 0 Å². The first-order valence-corrected chi connectivity index (χ1v) is 8.17. The van der Waals surface area contributed by atoms with Gasteiger partial charge in [-0.15, -0.1) is 0 Å². The van der Waals surface area contributed by atoms with Crippen LogP contribution in [-0.4, -0.2) is 29.8 Å². The number of nitrogens with one attached hydrogen (secondary N) is 2. The molecule has 1 heterocycles. The third-order valence-electron chi connectivity index (χ3n) is 2.97. The first-order chi connectivity index (χ1) is 9.30. The van der Waals surface area contributed by atoms with Gasteiger partial charge in [-0.1, -0.05) is 13.8 Å². The lowest BCUT2D eigenvalue weighted by Crippen LogP contribution is -2.37. The van der Waals surface area contributed by atoms with Crippen LogP contribution in [0, 0.1) is 12.3 Å². The molecule has 0 aliphatic heterocycles. The van der Waals surface area contributed by atoms with E-state index >= 15 is 0 Å². The molecule has 8 heteroatoms. The molecule has 1 unspecified atom stereocenters. The minimum atomic E-state index is -3.67. The minimum Gasteiger partial charge on any atom is -0.388 e. The van der Waals surface area contributed by atoms with Gasteiger partial charge in [-0.3, -0.25) is 5.41 Å². The van der Waals surface area contributed by atoms with Crippen molar-refractivity contribution < 1.29 is 8.42 Å². The van der Waals surface area contributed by atoms with E-state index in [0.29, 0.717) is 12.2 Å². The highest BCUT2D eigenvalue weighted by atomic mass is 32.2. The molecule has 0 spiro atoms. The van der Waals surface area contributed by atoms with E-state index in [2.05, 4.69) is 9.71 Å². The fourth-order valence-corrected chi connectivity index (χ4v) is 3.22. The first kappa shape index (κ1) is 16.6. The lowest BCUT2D eigenvalue weighted by atomic mass is 10.1. The quantitative estimate of drug-likeness (QED) is 0.490. The highest BCUT2D eigenvalue weighted by Gasteiger charge is 2.23. The van der Waals surface area contributed by atoms with Crippen molar-refractivity contribution in [3.8, 4) is 0 Å². The first-order valence-electron chi connectivity index (χ1n) is 6.69. The van der Waals surface area contributed by atoms with Gasteiger partial charge >= 0.3 is 0 Å². The summed E-state index contributed by atoms with van der Waals surface area (Å²) < 4.78 is 28.9. The van der Waals surface area contributed by atoms with Gasteiger partial charge < -0.3 is 10.3 Å². The van der Waals surface area contributed by atoms with Crippen LogP contribution in [0.3, 0.4) is 0 Å².